The maximum atomic E-state index is 5.71. The van der Waals surface area contributed by atoms with Crippen molar-refractivity contribution in [2.24, 2.45) is 0 Å². The summed E-state index contributed by atoms with van der Waals surface area (Å²) in [4.78, 5) is 3.89. The molecule has 0 aliphatic rings. The van der Waals surface area contributed by atoms with Crippen molar-refractivity contribution < 1.29 is 9.47 Å². The lowest BCUT2D eigenvalue weighted by atomic mass is 10.2. The van der Waals surface area contributed by atoms with Gasteiger partial charge in [-0.05, 0) is 69.3 Å². The van der Waals surface area contributed by atoms with E-state index in [1.165, 1.54) is 14.7 Å². The summed E-state index contributed by atoms with van der Waals surface area (Å²) in [5.74, 6) is 0.822. The van der Waals surface area contributed by atoms with Crippen LogP contribution in [0.3, 0.4) is 0 Å². The molecule has 0 aliphatic carbocycles. The van der Waals surface area contributed by atoms with Gasteiger partial charge in [0.15, 0.2) is 21.5 Å². The van der Waals surface area contributed by atoms with Crippen molar-refractivity contribution in [2.75, 3.05) is 6.79 Å². The lowest BCUT2D eigenvalue weighted by molar-refractivity contribution is -0.0758. The highest BCUT2D eigenvalue weighted by Gasteiger charge is 2.28. The molecule has 0 N–H and O–H groups in total. The summed E-state index contributed by atoms with van der Waals surface area (Å²) in [6.45, 7) is 6.31. The maximum Gasteiger partial charge on any atom is 0.189 e. The van der Waals surface area contributed by atoms with Gasteiger partial charge >= 0.3 is 0 Å². The van der Waals surface area contributed by atoms with Crippen molar-refractivity contribution in [1.29, 1.82) is 0 Å². The van der Waals surface area contributed by atoms with Crippen molar-refractivity contribution in [3.05, 3.63) is 84.9 Å². The largest absolute Gasteiger partial charge is 0.468 e. The van der Waals surface area contributed by atoms with Gasteiger partial charge in [-0.2, -0.15) is 0 Å². The standard InChI is InChI=1S/C23H25O2S/c1-23(2,3)25-18-24-19-14-16-22(17-15-19)26(20-10-6-4-7-11-20)21-12-8-5-9-13-21/h4-17H,18H2,1-3H3/q+1. The molecule has 3 aromatic carbocycles. The van der Waals surface area contributed by atoms with Crippen LogP contribution in [-0.2, 0) is 15.6 Å². The third-order valence-corrected chi connectivity index (χ3v) is 5.97. The first-order valence-electron chi connectivity index (χ1n) is 8.74. The average Bonchev–Trinajstić information content (AvgIpc) is 2.64. The second-order valence-corrected chi connectivity index (χ2v) is 8.95. The molecule has 0 atom stereocenters. The number of hydrogen-bond donors (Lipinski definition) is 0. The Bertz CT molecular complexity index is 754. The fourth-order valence-corrected chi connectivity index (χ4v) is 4.55. The summed E-state index contributed by atoms with van der Waals surface area (Å²) in [5.41, 5.74) is -0.201. The molecule has 0 saturated heterocycles. The van der Waals surface area contributed by atoms with Gasteiger partial charge in [-0.1, -0.05) is 36.4 Å². The number of ether oxygens (including phenoxy) is 2. The number of hydrogen-bond acceptors (Lipinski definition) is 2. The number of benzene rings is 3. The van der Waals surface area contributed by atoms with Crippen molar-refractivity contribution in [3.63, 3.8) is 0 Å². The molecule has 0 bridgehead atoms. The Balaban J connectivity index is 1.82. The van der Waals surface area contributed by atoms with Gasteiger partial charge in [0.25, 0.3) is 0 Å². The van der Waals surface area contributed by atoms with Crippen LogP contribution in [0.4, 0.5) is 0 Å². The van der Waals surface area contributed by atoms with E-state index in [-0.39, 0.29) is 23.3 Å². The normalized spacial score (nSPS) is 11.5. The van der Waals surface area contributed by atoms with E-state index < -0.39 is 0 Å². The van der Waals surface area contributed by atoms with E-state index in [1.54, 1.807) is 0 Å². The van der Waals surface area contributed by atoms with Crippen LogP contribution in [0.25, 0.3) is 0 Å². The number of rotatable bonds is 6. The van der Waals surface area contributed by atoms with Gasteiger partial charge in [-0.3, -0.25) is 0 Å². The second-order valence-electron chi connectivity index (χ2n) is 6.92. The molecule has 2 nitrogen and oxygen atoms in total. The molecule has 0 radical (unpaired) electrons. The van der Waals surface area contributed by atoms with E-state index in [2.05, 4.69) is 72.8 Å². The van der Waals surface area contributed by atoms with E-state index in [0.29, 0.717) is 0 Å². The Morgan fingerprint density at radius 2 is 1.12 bits per heavy atom. The van der Waals surface area contributed by atoms with Crippen LogP contribution < -0.4 is 4.74 Å². The van der Waals surface area contributed by atoms with E-state index in [1.807, 2.05) is 32.9 Å². The summed E-state index contributed by atoms with van der Waals surface area (Å²) in [6, 6.07) is 29.6. The zero-order valence-corrected chi connectivity index (χ0v) is 16.3. The molecule has 0 aliphatic heterocycles. The van der Waals surface area contributed by atoms with Crippen LogP contribution in [0.5, 0.6) is 5.75 Å². The summed E-state index contributed by atoms with van der Waals surface area (Å²) >= 11 is 0. The molecule has 134 valence electrons. The highest BCUT2D eigenvalue weighted by atomic mass is 32.2. The van der Waals surface area contributed by atoms with E-state index in [9.17, 15) is 0 Å². The molecule has 26 heavy (non-hydrogen) atoms. The molecule has 0 unspecified atom stereocenters. The summed E-state index contributed by atoms with van der Waals surface area (Å²) in [5, 5.41) is 0. The van der Waals surface area contributed by atoms with Crippen molar-refractivity contribution in [3.8, 4) is 5.75 Å². The molecule has 3 rings (SSSR count). The van der Waals surface area contributed by atoms with Crippen molar-refractivity contribution >= 4 is 10.9 Å². The van der Waals surface area contributed by atoms with Gasteiger partial charge in [-0.15, -0.1) is 0 Å². The summed E-state index contributed by atoms with van der Waals surface area (Å²) in [7, 11) is -0.130. The second kappa shape index (κ2) is 8.43. The van der Waals surface area contributed by atoms with E-state index in [4.69, 9.17) is 9.47 Å². The third-order valence-electron chi connectivity index (χ3n) is 3.73. The van der Waals surface area contributed by atoms with Gasteiger partial charge in [0.05, 0.1) is 16.5 Å². The average molecular weight is 366 g/mol. The smallest absolute Gasteiger partial charge is 0.189 e. The lowest BCUT2D eigenvalue weighted by Gasteiger charge is -2.19. The van der Waals surface area contributed by atoms with Gasteiger partial charge in [0.2, 0.25) is 0 Å². The first kappa shape index (κ1) is 18.6. The molecule has 0 spiro atoms. The van der Waals surface area contributed by atoms with Gasteiger partial charge in [0, 0.05) is 0 Å². The summed E-state index contributed by atoms with van der Waals surface area (Å²) in [6.07, 6.45) is 0. The van der Waals surface area contributed by atoms with Crippen LogP contribution in [0.15, 0.2) is 99.6 Å². The third kappa shape index (κ3) is 5.13. The van der Waals surface area contributed by atoms with Crippen LogP contribution in [0, 0.1) is 0 Å². The molecule has 0 heterocycles. The molecular weight excluding hydrogens is 340 g/mol. The van der Waals surface area contributed by atoms with Crippen molar-refractivity contribution in [2.45, 2.75) is 41.1 Å². The first-order chi connectivity index (χ1) is 12.5. The predicted molar refractivity (Wildman–Crippen MR) is 108 cm³/mol. The van der Waals surface area contributed by atoms with Crippen molar-refractivity contribution in [1.82, 2.24) is 0 Å². The minimum atomic E-state index is -0.201. The molecule has 3 heteroatoms. The maximum absolute atomic E-state index is 5.71. The topological polar surface area (TPSA) is 18.5 Å². The fourth-order valence-electron chi connectivity index (χ4n) is 2.47. The van der Waals surface area contributed by atoms with E-state index >= 15 is 0 Å². The van der Waals surface area contributed by atoms with Crippen LogP contribution in [0.1, 0.15) is 20.8 Å². The zero-order valence-electron chi connectivity index (χ0n) is 15.5. The molecule has 0 saturated carbocycles. The quantitative estimate of drug-likeness (QED) is 0.398. The molecule has 0 aromatic heterocycles. The first-order valence-corrected chi connectivity index (χ1v) is 9.97. The molecule has 0 amide bonds. The fraction of sp³-hybridized carbons (Fsp3) is 0.217. The van der Waals surface area contributed by atoms with Gasteiger partial charge in [-0.25, -0.2) is 0 Å². The van der Waals surface area contributed by atoms with Crippen LogP contribution in [0.2, 0.25) is 0 Å². The Morgan fingerprint density at radius 1 is 0.654 bits per heavy atom. The summed E-state index contributed by atoms with van der Waals surface area (Å²) < 4.78 is 11.3. The Hall–Kier alpha value is -2.23. The van der Waals surface area contributed by atoms with E-state index in [0.717, 1.165) is 5.75 Å². The Labute approximate surface area is 159 Å². The molecule has 3 aromatic rings. The Kier molecular flexibility index (Phi) is 6.02. The zero-order chi connectivity index (χ0) is 18.4. The minimum absolute atomic E-state index is 0.130. The minimum Gasteiger partial charge on any atom is -0.468 e. The predicted octanol–water partition coefficient (Wildman–Crippen LogP) is 5.93. The van der Waals surface area contributed by atoms with Gasteiger partial charge in [0.1, 0.15) is 5.75 Å². The highest BCUT2D eigenvalue weighted by molar-refractivity contribution is 7.97. The lowest BCUT2D eigenvalue weighted by Crippen LogP contribution is -2.22. The highest BCUT2D eigenvalue weighted by Crippen LogP contribution is 2.31. The SMILES string of the molecule is CC(C)(C)OCOc1ccc([S+](c2ccccc2)c2ccccc2)cc1. The van der Waals surface area contributed by atoms with Gasteiger partial charge < -0.3 is 9.47 Å². The molecular formula is C23H25O2S+. The monoisotopic (exact) mass is 365 g/mol. The van der Waals surface area contributed by atoms with Crippen LogP contribution in [-0.4, -0.2) is 12.4 Å². The van der Waals surface area contributed by atoms with Crippen LogP contribution >= 0.6 is 0 Å². The molecule has 0 fully saturated rings. The Morgan fingerprint density at radius 3 is 1.58 bits per heavy atom.